The molecule has 114 valence electrons. The van der Waals surface area contributed by atoms with Gasteiger partial charge in [0.05, 0.1) is 0 Å². The summed E-state index contributed by atoms with van der Waals surface area (Å²) in [5.41, 5.74) is 0.335. The first-order chi connectivity index (χ1) is 8.41. The molecule has 0 amide bonds. The molecule has 0 unspecified atom stereocenters. The molecule has 0 N–H and O–H groups in total. The van der Waals surface area contributed by atoms with Crippen LogP contribution in [0.15, 0.2) is 5.16 Å². The van der Waals surface area contributed by atoms with Crippen molar-refractivity contribution >= 4 is 21.4 Å². The van der Waals surface area contributed by atoms with Gasteiger partial charge in [-0.1, -0.05) is 39.8 Å². The molecule has 0 aliphatic carbocycles. The van der Waals surface area contributed by atoms with Gasteiger partial charge in [0.15, 0.2) is 5.45 Å². The summed E-state index contributed by atoms with van der Waals surface area (Å²) in [6, 6.07) is 0. The quantitative estimate of drug-likeness (QED) is 0.314. The molecule has 0 atom stereocenters. The summed E-state index contributed by atoms with van der Waals surface area (Å²) in [7, 11) is -2.66. The highest BCUT2D eigenvalue weighted by Gasteiger charge is 2.41. The van der Waals surface area contributed by atoms with E-state index in [9.17, 15) is 4.57 Å². The topological polar surface area (TPSA) is 57.1 Å². The SMILES string of the molecule is COP(=O)(OC)/C(=N\O[Si](C)(C)C(C)(C)C)C(C)C. The minimum atomic E-state index is -3.34. The van der Waals surface area contributed by atoms with E-state index in [1.165, 1.54) is 14.2 Å². The van der Waals surface area contributed by atoms with Gasteiger partial charge in [0, 0.05) is 20.1 Å². The zero-order valence-electron chi connectivity index (χ0n) is 13.6. The molecule has 19 heavy (non-hydrogen) atoms. The summed E-state index contributed by atoms with van der Waals surface area (Å²) >= 11 is 0. The van der Waals surface area contributed by atoms with Gasteiger partial charge in [0.2, 0.25) is 0 Å². The highest BCUT2D eigenvalue weighted by Crippen LogP contribution is 2.50. The fourth-order valence-electron chi connectivity index (χ4n) is 1.03. The average molecular weight is 309 g/mol. The van der Waals surface area contributed by atoms with Gasteiger partial charge in [-0.2, -0.15) is 0 Å². The number of rotatable bonds is 6. The molecule has 0 aromatic heterocycles. The van der Waals surface area contributed by atoms with Crippen LogP contribution in [0.3, 0.4) is 0 Å². The van der Waals surface area contributed by atoms with Crippen molar-refractivity contribution in [1.82, 2.24) is 0 Å². The van der Waals surface area contributed by atoms with Gasteiger partial charge in [0.1, 0.15) is 0 Å². The number of oxime groups is 1. The molecule has 0 rings (SSSR count). The fourth-order valence-corrected chi connectivity index (χ4v) is 3.00. The molecule has 0 saturated heterocycles. The Hall–Kier alpha value is -0.163. The highest BCUT2D eigenvalue weighted by atomic mass is 31.2. The molecule has 0 heterocycles. The molecule has 0 aliphatic rings. The van der Waals surface area contributed by atoms with Crippen molar-refractivity contribution in [3.63, 3.8) is 0 Å². The summed E-state index contributed by atoms with van der Waals surface area (Å²) in [4.78, 5) is 0. The van der Waals surface area contributed by atoms with Gasteiger partial charge in [-0.25, -0.2) is 0 Å². The summed E-state index contributed by atoms with van der Waals surface area (Å²) in [6.45, 7) is 14.3. The Labute approximate surface area is 118 Å². The maximum atomic E-state index is 12.4. The first-order valence-corrected chi connectivity index (χ1v) is 10.8. The van der Waals surface area contributed by atoms with Crippen LogP contribution in [0.1, 0.15) is 34.6 Å². The van der Waals surface area contributed by atoms with Crippen LogP contribution in [0.4, 0.5) is 0 Å². The molecule has 5 nitrogen and oxygen atoms in total. The van der Waals surface area contributed by atoms with Gasteiger partial charge in [-0.15, -0.1) is 0 Å². The third kappa shape index (κ3) is 4.70. The van der Waals surface area contributed by atoms with E-state index in [1.807, 2.05) is 13.8 Å². The highest BCUT2D eigenvalue weighted by molar-refractivity contribution is 7.72. The maximum absolute atomic E-state index is 12.4. The van der Waals surface area contributed by atoms with Crippen molar-refractivity contribution < 1.29 is 18.1 Å². The number of nitrogens with zero attached hydrogens (tertiary/aromatic N) is 1. The molecular weight excluding hydrogens is 281 g/mol. The normalized spacial score (nSPS) is 14.9. The zero-order valence-corrected chi connectivity index (χ0v) is 15.5. The Balaban J connectivity index is 5.36. The van der Waals surface area contributed by atoms with Gasteiger partial charge < -0.3 is 13.6 Å². The lowest BCUT2D eigenvalue weighted by Gasteiger charge is -2.33. The van der Waals surface area contributed by atoms with Crippen LogP contribution in [-0.4, -0.2) is 28.0 Å². The lowest BCUT2D eigenvalue weighted by Crippen LogP contribution is -2.39. The molecule has 0 bridgehead atoms. The van der Waals surface area contributed by atoms with Crippen molar-refractivity contribution in [2.75, 3.05) is 14.2 Å². The maximum Gasteiger partial charge on any atom is 0.378 e. The lowest BCUT2D eigenvalue weighted by molar-refractivity contribution is 0.279. The Kier molecular flexibility index (Phi) is 6.47. The van der Waals surface area contributed by atoms with E-state index in [2.05, 4.69) is 39.0 Å². The third-order valence-corrected chi connectivity index (χ3v) is 9.73. The minimum absolute atomic E-state index is 0.0305. The van der Waals surface area contributed by atoms with E-state index in [1.54, 1.807) is 0 Å². The predicted molar refractivity (Wildman–Crippen MR) is 82.2 cm³/mol. The minimum Gasteiger partial charge on any atom is -0.454 e. The molecule has 0 radical (unpaired) electrons. The molecule has 0 aliphatic heterocycles. The van der Waals surface area contributed by atoms with Crippen LogP contribution in [0.5, 0.6) is 0 Å². The van der Waals surface area contributed by atoms with Crippen LogP contribution in [0, 0.1) is 5.92 Å². The Bertz CT molecular complexity index is 366. The second-order valence-electron chi connectivity index (χ2n) is 6.32. The molecule has 0 aromatic carbocycles. The van der Waals surface area contributed by atoms with E-state index >= 15 is 0 Å². The zero-order chi connectivity index (χ0) is 15.5. The summed E-state index contributed by atoms with van der Waals surface area (Å²) in [6.07, 6.45) is 0. The van der Waals surface area contributed by atoms with Crippen molar-refractivity contribution in [2.45, 2.75) is 52.8 Å². The van der Waals surface area contributed by atoms with Crippen LogP contribution < -0.4 is 0 Å². The monoisotopic (exact) mass is 309 g/mol. The molecule has 0 aromatic rings. The molecule has 0 spiro atoms. The average Bonchev–Trinajstić information content (AvgIpc) is 2.26. The fraction of sp³-hybridized carbons (Fsp3) is 0.917. The first kappa shape index (κ1) is 18.8. The molecule has 0 saturated carbocycles. The first-order valence-electron chi connectivity index (χ1n) is 6.39. The number of hydrogen-bond acceptors (Lipinski definition) is 5. The van der Waals surface area contributed by atoms with Crippen molar-refractivity contribution in [3.05, 3.63) is 0 Å². The Morgan fingerprint density at radius 1 is 1.16 bits per heavy atom. The lowest BCUT2D eigenvalue weighted by atomic mass is 10.2. The van der Waals surface area contributed by atoms with Crippen molar-refractivity contribution in [1.29, 1.82) is 0 Å². The van der Waals surface area contributed by atoms with Gasteiger partial charge in [-0.3, -0.25) is 4.57 Å². The number of hydrogen-bond donors (Lipinski definition) is 0. The van der Waals surface area contributed by atoms with E-state index < -0.39 is 15.9 Å². The van der Waals surface area contributed by atoms with E-state index in [0.717, 1.165) is 0 Å². The van der Waals surface area contributed by atoms with Crippen molar-refractivity contribution in [2.24, 2.45) is 11.1 Å². The summed E-state index contributed by atoms with van der Waals surface area (Å²) in [5, 5.41) is 4.17. The van der Waals surface area contributed by atoms with Crippen LogP contribution >= 0.6 is 7.60 Å². The van der Waals surface area contributed by atoms with Gasteiger partial charge in [-0.05, 0) is 18.1 Å². The molecular formula is C12H28NO4PSi. The Morgan fingerprint density at radius 3 is 1.84 bits per heavy atom. The molecule has 0 fully saturated rings. The second-order valence-corrected chi connectivity index (χ2v) is 13.2. The van der Waals surface area contributed by atoms with Gasteiger partial charge in [0.25, 0.3) is 8.32 Å². The van der Waals surface area contributed by atoms with Crippen LogP contribution in [-0.2, 0) is 18.1 Å². The van der Waals surface area contributed by atoms with Gasteiger partial charge >= 0.3 is 7.60 Å². The second kappa shape index (κ2) is 6.53. The van der Waals surface area contributed by atoms with E-state index in [0.29, 0.717) is 5.45 Å². The van der Waals surface area contributed by atoms with Crippen molar-refractivity contribution in [3.8, 4) is 0 Å². The standard InChI is InChI=1S/C12H28NO4PSi/c1-10(2)11(18(14,15-6)16-7)13-17-19(8,9)12(3,4)5/h10H,1-9H3/b13-11-. The summed E-state index contributed by atoms with van der Waals surface area (Å²) < 4.78 is 28.2. The van der Waals surface area contributed by atoms with Crippen LogP contribution in [0.25, 0.3) is 0 Å². The summed E-state index contributed by atoms with van der Waals surface area (Å²) in [5.74, 6) is -0.0736. The largest absolute Gasteiger partial charge is 0.454 e. The molecule has 7 heteroatoms. The smallest absolute Gasteiger partial charge is 0.378 e. The van der Waals surface area contributed by atoms with E-state index in [4.69, 9.17) is 13.6 Å². The predicted octanol–water partition coefficient (Wildman–Crippen LogP) is 4.46. The van der Waals surface area contributed by atoms with E-state index in [-0.39, 0.29) is 11.0 Å². The third-order valence-electron chi connectivity index (χ3n) is 3.45. The van der Waals surface area contributed by atoms with Crippen LogP contribution in [0.2, 0.25) is 18.1 Å². The Morgan fingerprint density at radius 2 is 1.58 bits per heavy atom.